The average Bonchev–Trinajstić information content (AvgIpc) is 3.13. The van der Waals surface area contributed by atoms with Crippen molar-refractivity contribution in [1.82, 2.24) is 0 Å². The highest BCUT2D eigenvalue weighted by Gasteiger charge is 2.48. The van der Waals surface area contributed by atoms with E-state index < -0.39 is 11.6 Å². The number of esters is 4. The summed E-state index contributed by atoms with van der Waals surface area (Å²) in [4.78, 5) is 43.1. The molecule has 23 heavy (non-hydrogen) atoms. The Hall–Kier alpha value is -2.12. The van der Waals surface area contributed by atoms with Crippen molar-refractivity contribution in [1.29, 1.82) is 0 Å². The molecule has 8 heteroatoms. The summed E-state index contributed by atoms with van der Waals surface area (Å²) in [7, 11) is 0. The van der Waals surface area contributed by atoms with E-state index in [-0.39, 0.29) is 23.9 Å². The number of carbonyl (C=O) groups is 4. The molecule has 4 aliphatic heterocycles. The molecule has 1 unspecified atom stereocenters. The van der Waals surface area contributed by atoms with Crippen LogP contribution < -0.4 is 0 Å². The Morgan fingerprint density at radius 2 is 0.870 bits per heavy atom. The predicted octanol–water partition coefficient (Wildman–Crippen LogP) is 1.10. The third kappa shape index (κ3) is 3.46. The second-order valence-corrected chi connectivity index (χ2v) is 6.07. The van der Waals surface area contributed by atoms with E-state index in [0.29, 0.717) is 51.4 Å². The fourth-order valence-electron chi connectivity index (χ4n) is 3.11. The Morgan fingerprint density at radius 3 is 1.22 bits per heavy atom. The lowest BCUT2D eigenvalue weighted by atomic mass is 10.0. The maximum absolute atomic E-state index is 10.9. The molecule has 1 atom stereocenters. The van der Waals surface area contributed by atoms with Crippen LogP contribution in [0.15, 0.2) is 0 Å². The highest BCUT2D eigenvalue weighted by Crippen LogP contribution is 2.37. The molecule has 4 fully saturated rings. The van der Waals surface area contributed by atoms with Gasteiger partial charge in [0.25, 0.3) is 11.6 Å². The first kappa shape index (κ1) is 15.8. The van der Waals surface area contributed by atoms with Crippen molar-refractivity contribution < 1.29 is 38.1 Å². The van der Waals surface area contributed by atoms with Crippen LogP contribution in [0.2, 0.25) is 0 Å². The van der Waals surface area contributed by atoms with Crippen LogP contribution in [-0.2, 0) is 38.1 Å². The monoisotopic (exact) mass is 326 g/mol. The Bertz CT molecular complexity index is 530. The third-order valence-electron chi connectivity index (χ3n) is 4.27. The summed E-state index contributed by atoms with van der Waals surface area (Å²) in [6.45, 7) is 0. The SMILES string of the molecule is O=C1CCC2(CCC(=O)O2)O1.O=C1CCCC2(CCC(=O)O2)O1. The zero-order chi connectivity index (χ0) is 16.5. The van der Waals surface area contributed by atoms with E-state index in [9.17, 15) is 19.2 Å². The standard InChI is InChI=1S/C8H10O4.C7H8O4/c9-6-2-1-4-8(11-6)5-3-7(10)12-8;8-5-1-3-7(10-5)4-2-6(9)11-7/h1-5H2;1-4H2. The summed E-state index contributed by atoms with van der Waals surface area (Å²) >= 11 is 0. The summed E-state index contributed by atoms with van der Waals surface area (Å²) in [5.41, 5.74) is 0. The van der Waals surface area contributed by atoms with Gasteiger partial charge < -0.3 is 18.9 Å². The van der Waals surface area contributed by atoms with Crippen molar-refractivity contribution in [3.63, 3.8) is 0 Å². The fourth-order valence-corrected chi connectivity index (χ4v) is 3.11. The molecular formula is C15H18O8. The Labute approximate surface area is 132 Å². The number of hydrogen-bond acceptors (Lipinski definition) is 8. The molecule has 0 amide bonds. The van der Waals surface area contributed by atoms with Gasteiger partial charge in [0.15, 0.2) is 0 Å². The first-order valence-corrected chi connectivity index (χ1v) is 7.78. The topological polar surface area (TPSA) is 105 Å². The number of carbonyl (C=O) groups excluding carboxylic acids is 4. The maximum Gasteiger partial charge on any atom is 0.309 e. The van der Waals surface area contributed by atoms with Crippen molar-refractivity contribution in [2.24, 2.45) is 0 Å². The molecule has 0 aliphatic carbocycles. The van der Waals surface area contributed by atoms with Gasteiger partial charge in [0, 0.05) is 32.1 Å². The molecule has 4 saturated heterocycles. The summed E-state index contributed by atoms with van der Waals surface area (Å²) < 4.78 is 19.8. The second kappa shape index (κ2) is 5.82. The first-order chi connectivity index (χ1) is 10.9. The largest absolute Gasteiger partial charge is 0.422 e. The molecule has 4 heterocycles. The summed E-state index contributed by atoms with van der Waals surface area (Å²) in [5, 5.41) is 0. The van der Waals surface area contributed by atoms with Crippen LogP contribution in [0.25, 0.3) is 0 Å². The quantitative estimate of drug-likeness (QED) is 0.609. The van der Waals surface area contributed by atoms with E-state index in [1.807, 2.05) is 0 Å². The van der Waals surface area contributed by atoms with Crippen molar-refractivity contribution in [3.05, 3.63) is 0 Å². The summed E-state index contributed by atoms with van der Waals surface area (Å²) in [5.74, 6) is -2.79. The molecule has 0 saturated carbocycles. The van der Waals surface area contributed by atoms with Crippen LogP contribution in [0.3, 0.4) is 0 Å². The zero-order valence-corrected chi connectivity index (χ0v) is 12.6. The minimum absolute atomic E-state index is 0.254. The normalized spacial score (nSPS) is 31.3. The highest BCUT2D eigenvalue weighted by molar-refractivity contribution is 5.76. The number of rotatable bonds is 0. The van der Waals surface area contributed by atoms with Crippen LogP contribution in [0, 0.1) is 0 Å². The van der Waals surface area contributed by atoms with E-state index >= 15 is 0 Å². The Balaban J connectivity index is 0.000000136. The molecule has 0 aromatic carbocycles. The zero-order valence-electron chi connectivity index (χ0n) is 12.6. The average molecular weight is 326 g/mol. The van der Waals surface area contributed by atoms with Gasteiger partial charge in [0.05, 0.1) is 19.3 Å². The van der Waals surface area contributed by atoms with E-state index in [0.717, 1.165) is 6.42 Å². The number of ether oxygens (including phenoxy) is 4. The molecule has 0 N–H and O–H groups in total. The van der Waals surface area contributed by atoms with Gasteiger partial charge in [-0.25, -0.2) is 0 Å². The summed E-state index contributed by atoms with van der Waals surface area (Å²) in [6, 6.07) is 0. The molecular weight excluding hydrogens is 308 g/mol. The summed E-state index contributed by atoms with van der Waals surface area (Å²) in [6.07, 6.45) is 4.54. The van der Waals surface area contributed by atoms with Crippen LogP contribution in [0.4, 0.5) is 0 Å². The Kier molecular flexibility index (Phi) is 3.99. The highest BCUT2D eigenvalue weighted by atomic mass is 16.7. The van der Waals surface area contributed by atoms with Crippen LogP contribution in [0.1, 0.15) is 57.8 Å². The predicted molar refractivity (Wildman–Crippen MR) is 71.4 cm³/mol. The van der Waals surface area contributed by atoms with Gasteiger partial charge in [-0.15, -0.1) is 0 Å². The minimum atomic E-state index is -0.883. The van der Waals surface area contributed by atoms with Gasteiger partial charge in [-0.05, 0) is 6.42 Å². The molecule has 8 nitrogen and oxygen atoms in total. The smallest absolute Gasteiger partial charge is 0.309 e. The fraction of sp³-hybridized carbons (Fsp3) is 0.733. The lowest BCUT2D eigenvalue weighted by Gasteiger charge is -2.30. The van der Waals surface area contributed by atoms with Gasteiger partial charge >= 0.3 is 23.9 Å². The first-order valence-electron chi connectivity index (χ1n) is 7.78. The molecule has 2 spiro atoms. The van der Waals surface area contributed by atoms with Crippen molar-refractivity contribution in [2.45, 2.75) is 69.4 Å². The van der Waals surface area contributed by atoms with E-state index in [2.05, 4.69) is 0 Å². The second-order valence-electron chi connectivity index (χ2n) is 6.07. The molecule has 126 valence electrons. The minimum Gasteiger partial charge on any atom is -0.422 e. The van der Waals surface area contributed by atoms with Gasteiger partial charge in [-0.2, -0.15) is 0 Å². The molecule has 0 radical (unpaired) electrons. The van der Waals surface area contributed by atoms with Crippen LogP contribution in [-0.4, -0.2) is 35.5 Å². The van der Waals surface area contributed by atoms with Gasteiger partial charge in [0.2, 0.25) is 0 Å². The number of hydrogen-bond donors (Lipinski definition) is 0. The van der Waals surface area contributed by atoms with Crippen LogP contribution in [0.5, 0.6) is 0 Å². The van der Waals surface area contributed by atoms with Crippen molar-refractivity contribution in [2.75, 3.05) is 0 Å². The Morgan fingerprint density at radius 1 is 0.522 bits per heavy atom. The molecule has 0 aromatic rings. The van der Waals surface area contributed by atoms with Crippen molar-refractivity contribution >= 4 is 23.9 Å². The molecule has 0 bridgehead atoms. The van der Waals surface area contributed by atoms with Crippen molar-refractivity contribution in [3.8, 4) is 0 Å². The molecule has 4 rings (SSSR count). The molecule has 0 aromatic heterocycles. The van der Waals surface area contributed by atoms with E-state index in [1.165, 1.54) is 0 Å². The van der Waals surface area contributed by atoms with Gasteiger partial charge in [-0.3, -0.25) is 19.2 Å². The lowest BCUT2D eigenvalue weighted by Crippen LogP contribution is -2.38. The lowest BCUT2D eigenvalue weighted by molar-refractivity contribution is -0.225. The van der Waals surface area contributed by atoms with Gasteiger partial charge in [0.1, 0.15) is 0 Å². The van der Waals surface area contributed by atoms with E-state index in [4.69, 9.17) is 18.9 Å². The van der Waals surface area contributed by atoms with Crippen LogP contribution >= 0.6 is 0 Å². The third-order valence-corrected chi connectivity index (χ3v) is 4.27. The van der Waals surface area contributed by atoms with E-state index in [1.54, 1.807) is 0 Å². The molecule has 4 aliphatic rings. The maximum atomic E-state index is 10.9. The van der Waals surface area contributed by atoms with Gasteiger partial charge in [-0.1, -0.05) is 0 Å².